The van der Waals surface area contributed by atoms with Gasteiger partial charge in [-0.2, -0.15) is 0 Å². The van der Waals surface area contributed by atoms with Crippen molar-refractivity contribution in [1.82, 2.24) is 10.2 Å². The van der Waals surface area contributed by atoms with E-state index in [1.807, 2.05) is 6.07 Å². The maximum Gasteiger partial charge on any atom is 0.240 e. The number of hydrogen-bond donors (Lipinski definition) is 2. The van der Waals surface area contributed by atoms with Crippen LogP contribution in [0.15, 0.2) is 12.1 Å². The highest BCUT2D eigenvalue weighted by Gasteiger charge is 2.29. The average Bonchev–Trinajstić information content (AvgIpc) is 2.64. The van der Waals surface area contributed by atoms with Gasteiger partial charge in [0.15, 0.2) is 0 Å². The highest BCUT2D eigenvalue weighted by Crippen LogP contribution is 2.30. The molecule has 7 heteroatoms. The standard InChI is InChI=1S/C10H12ClN3O2S/c11-8-2-1-7(17-8)6(3-12)14-4-9(15)13-10(16)5-14/h1-2,6H,3-5,12H2,(H,13,15,16). The fourth-order valence-corrected chi connectivity index (χ4v) is 3.04. The number of thiophene rings is 1. The zero-order valence-corrected chi connectivity index (χ0v) is 10.6. The minimum atomic E-state index is -0.289. The predicted molar refractivity (Wildman–Crippen MR) is 65.8 cm³/mol. The molecule has 0 radical (unpaired) electrons. The first kappa shape index (κ1) is 12.5. The van der Waals surface area contributed by atoms with E-state index in [0.29, 0.717) is 10.9 Å². The Morgan fingerprint density at radius 2 is 2.06 bits per heavy atom. The largest absolute Gasteiger partial charge is 0.329 e. The van der Waals surface area contributed by atoms with E-state index in [1.54, 1.807) is 11.0 Å². The van der Waals surface area contributed by atoms with Crippen LogP contribution >= 0.6 is 22.9 Å². The molecule has 1 aliphatic heterocycles. The van der Waals surface area contributed by atoms with Crippen LogP contribution in [0.25, 0.3) is 0 Å². The van der Waals surface area contributed by atoms with Gasteiger partial charge in [-0.3, -0.25) is 19.8 Å². The van der Waals surface area contributed by atoms with Gasteiger partial charge in [0.25, 0.3) is 0 Å². The van der Waals surface area contributed by atoms with Crippen molar-refractivity contribution in [1.29, 1.82) is 0 Å². The van der Waals surface area contributed by atoms with Crippen molar-refractivity contribution in [3.05, 3.63) is 21.3 Å². The van der Waals surface area contributed by atoms with Gasteiger partial charge in [0, 0.05) is 11.4 Å². The molecule has 2 heterocycles. The summed E-state index contributed by atoms with van der Waals surface area (Å²) in [6.45, 7) is 0.712. The third-order valence-electron chi connectivity index (χ3n) is 2.56. The Hall–Kier alpha value is -0.950. The summed E-state index contributed by atoms with van der Waals surface area (Å²) in [4.78, 5) is 25.3. The van der Waals surface area contributed by atoms with Gasteiger partial charge in [-0.1, -0.05) is 11.6 Å². The smallest absolute Gasteiger partial charge is 0.240 e. The van der Waals surface area contributed by atoms with Crippen LogP contribution in [0.4, 0.5) is 0 Å². The van der Waals surface area contributed by atoms with E-state index >= 15 is 0 Å². The molecule has 1 fully saturated rings. The lowest BCUT2D eigenvalue weighted by molar-refractivity contribution is -0.137. The first-order chi connectivity index (χ1) is 8.10. The number of rotatable bonds is 3. The quantitative estimate of drug-likeness (QED) is 0.780. The molecular formula is C10H12ClN3O2S. The van der Waals surface area contributed by atoms with E-state index in [1.165, 1.54) is 11.3 Å². The van der Waals surface area contributed by atoms with E-state index in [-0.39, 0.29) is 30.9 Å². The van der Waals surface area contributed by atoms with E-state index < -0.39 is 0 Å². The summed E-state index contributed by atoms with van der Waals surface area (Å²) in [7, 11) is 0. The molecule has 0 spiro atoms. The van der Waals surface area contributed by atoms with Crippen LogP contribution in [0.3, 0.4) is 0 Å². The summed E-state index contributed by atoms with van der Waals surface area (Å²) in [5.41, 5.74) is 5.71. The predicted octanol–water partition coefficient (Wildman–Crippen LogP) is 0.360. The minimum absolute atomic E-state index is 0.137. The zero-order valence-electron chi connectivity index (χ0n) is 8.98. The number of halogens is 1. The van der Waals surface area contributed by atoms with E-state index in [4.69, 9.17) is 17.3 Å². The Labute approximate surface area is 108 Å². The third-order valence-corrected chi connectivity index (χ3v) is 3.89. The van der Waals surface area contributed by atoms with Crippen LogP contribution in [-0.4, -0.2) is 36.3 Å². The Bertz CT molecular complexity index is 433. The van der Waals surface area contributed by atoms with Gasteiger partial charge < -0.3 is 5.73 Å². The minimum Gasteiger partial charge on any atom is -0.329 e. The van der Waals surface area contributed by atoms with Gasteiger partial charge in [-0.05, 0) is 12.1 Å². The summed E-state index contributed by atoms with van der Waals surface area (Å²) >= 11 is 7.29. The molecule has 5 nitrogen and oxygen atoms in total. The third kappa shape index (κ3) is 2.84. The first-order valence-corrected chi connectivity index (χ1v) is 6.31. The molecule has 1 aliphatic rings. The fourth-order valence-electron chi connectivity index (χ4n) is 1.83. The lowest BCUT2D eigenvalue weighted by Gasteiger charge is -2.31. The summed E-state index contributed by atoms with van der Waals surface area (Å²) < 4.78 is 0.672. The number of carbonyl (C=O) groups excluding carboxylic acids is 2. The maximum absolute atomic E-state index is 11.3. The molecule has 0 bridgehead atoms. The first-order valence-electron chi connectivity index (χ1n) is 5.12. The van der Waals surface area contributed by atoms with Crippen LogP contribution in [0.1, 0.15) is 10.9 Å². The second-order valence-electron chi connectivity index (χ2n) is 3.77. The van der Waals surface area contributed by atoms with Crippen molar-refractivity contribution in [2.75, 3.05) is 19.6 Å². The molecule has 2 amide bonds. The van der Waals surface area contributed by atoms with Crippen LogP contribution in [0, 0.1) is 0 Å². The maximum atomic E-state index is 11.3. The monoisotopic (exact) mass is 273 g/mol. The number of amides is 2. The summed E-state index contributed by atoms with van der Waals surface area (Å²) in [6.07, 6.45) is 0. The molecule has 1 saturated heterocycles. The molecule has 1 unspecified atom stereocenters. The van der Waals surface area contributed by atoms with E-state index in [9.17, 15) is 9.59 Å². The van der Waals surface area contributed by atoms with E-state index in [0.717, 1.165) is 4.88 Å². The average molecular weight is 274 g/mol. The van der Waals surface area contributed by atoms with Crippen molar-refractivity contribution in [2.45, 2.75) is 6.04 Å². The highest BCUT2D eigenvalue weighted by atomic mass is 35.5. The van der Waals surface area contributed by atoms with Crippen molar-refractivity contribution in [3.63, 3.8) is 0 Å². The van der Waals surface area contributed by atoms with Gasteiger partial charge in [0.05, 0.1) is 23.5 Å². The normalized spacial score (nSPS) is 19.2. The van der Waals surface area contributed by atoms with Crippen LogP contribution in [0.5, 0.6) is 0 Å². The summed E-state index contributed by atoms with van der Waals surface area (Å²) in [5, 5.41) is 2.26. The molecular weight excluding hydrogens is 262 g/mol. The topological polar surface area (TPSA) is 75.4 Å². The molecule has 3 N–H and O–H groups in total. The van der Waals surface area contributed by atoms with Gasteiger partial charge in [0.1, 0.15) is 0 Å². The Kier molecular flexibility index (Phi) is 3.78. The molecule has 1 aromatic rings. The van der Waals surface area contributed by atoms with Gasteiger partial charge in [-0.25, -0.2) is 0 Å². The molecule has 92 valence electrons. The fraction of sp³-hybridized carbons (Fsp3) is 0.400. The molecule has 0 aliphatic carbocycles. The Morgan fingerprint density at radius 3 is 2.53 bits per heavy atom. The van der Waals surface area contributed by atoms with Gasteiger partial charge >= 0.3 is 0 Å². The van der Waals surface area contributed by atoms with Crippen molar-refractivity contribution in [2.24, 2.45) is 5.73 Å². The molecule has 1 aromatic heterocycles. The van der Waals surface area contributed by atoms with Gasteiger partial charge in [-0.15, -0.1) is 11.3 Å². The Balaban J connectivity index is 2.18. The molecule has 17 heavy (non-hydrogen) atoms. The second kappa shape index (κ2) is 5.14. The molecule has 0 saturated carbocycles. The molecule has 0 aromatic carbocycles. The number of piperazine rings is 1. The van der Waals surface area contributed by atoms with Crippen molar-refractivity contribution in [3.8, 4) is 0 Å². The lowest BCUT2D eigenvalue weighted by atomic mass is 10.2. The number of imide groups is 1. The number of nitrogens with two attached hydrogens (primary N) is 1. The van der Waals surface area contributed by atoms with Crippen LogP contribution < -0.4 is 11.1 Å². The van der Waals surface area contributed by atoms with E-state index in [2.05, 4.69) is 5.32 Å². The van der Waals surface area contributed by atoms with Crippen LogP contribution in [-0.2, 0) is 9.59 Å². The number of carbonyl (C=O) groups is 2. The lowest BCUT2D eigenvalue weighted by Crippen LogP contribution is -2.53. The van der Waals surface area contributed by atoms with Crippen molar-refractivity contribution < 1.29 is 9.59 Å². The second-order valence-corrected chi connectivity index (χ2v) is 5.52. The Morgan fingerprint density at radius 1 is 1.41 bits per heavy atom. The summed E-state index contributed by atoms with van der Waals surface area (Å²) in [6, 6.07) is 3.53. The van der Waals surface area contributed by atoms with Gasteiger partial charge in [0.2, 0.25) is 11.8 Å². The zero-order chi connectivity index (χ0) is 12.4. The number of nitrogens with one attached hydrogen (secondary N) is 1. The van der Waals surface area contributed by atoms with Crippen LogP contribution in [0.2, 0.25) is 4.34 Å². The number of nitrogens with zero attached hydrogens (tertiary/aromatic N) is 1. The number of hydrogen-bond acceptors (Lipinski definition) is 5. The molecule has 2 rings (SSSR count). The van der Waals surface area contributed by atoms with Crippen molar-refractivity contribution >= 4 is 34.8 Å². The summed E-state index contributed by atoms with van der Waals surface area (Å²) in [5.74, 6) is -0.579. The SMILES string of the molecule is NCC(c1ccc(Cl)s1)N1CC(=O)NC(=O)C1. The molecule has 1 atom stereocenters. The highest BCUT2D eigenvalue weighted by molar-refractivity contribution is 7.16.